The van der Waals surface area contributed by atoms with Crippen LogP contribution in [0.25, 0.3) is 0 Å². The summed E-state index contributed by atoms with van der Waals surface area (Å²) in [6.07, 6.45) is 2.10. The second-order valence-electron chi connectivity index (χ2n) is 4.41. The van der Waals surface area contributed by atoms with Crippen LogP contribution in [0.5, 0.6) is 0 Å². The van der Waals surface area contributed by atoms with Crippen molar-refractivity contribution in [1.29, 1.82) is 0 Å². The third-order valence-corrected chi connectivity index (χ3v) is 4.51. The lowest BCUT2D eigenvalue weighted by Gasteiger charge is -2.37. The Balaban J connectivity index is 2.20. The number of hydrogen-bond acceptors (Lipinski definition) is 3. The largest absolute Gasteiger partial charge is 0.296 e. The quantitative estimate of drug-likeness (QED) is 0.643. The van der Waals surface area contributed by atoms with Crippen molar-refractivity contribution in [1.82, 2.24) is 5.32 Å². The van der Waals surface area contributed by atoms with Crippen molar-refractivity contribution in [2.45, 2.75) is 31.6 Å². The first-order chi connectivity index (χ1) is 6.14. The third-order valence-electron chi connectivity index (χ3n) is 3.10. The van der Waals surface area contributed by atoms with Gasteiger partial charge in [-0.15, -0.1) is 11.8 Å². The van der Waals surface area contributed by atoms with Gasteiger partial charge < -0.3 is 0 Å². The van der Waals surface area contributed by atoms with Crippen molar-refractivity contribution >= 4 is 17.5 Å². The highest BCUT2D eigenvalue weighted by molar-refractivity contribution is 8.01. The van der Waals surface area contributed by atoms with Crippen LogP contribution in [-0.2, 0) is 4.79 Å². The average molecular weight is 199 g/mol. The number of Topliss-reactive ketones (excluding diaryl/α,β-unsaturated/α-hetero) is 1. The van der Waals surface area contributed by atoms with Crippen LogP contribution < -0.4 is 5.32 Å². The number of hydrogen-bond donors (Lipinski definition) is 1. The van der Waals surface area contributed by atoms with Crippen LogP contribution in [0.1, 0.15) is 26.7 Å². The number of nitrogens with one attached hydrogen (secondary N) is 1. The molecule has 2 nitrogen and oxygen atoms in total. The number of thioether (sulfide) groups is 1. The lowest BCUT2D eigenvalue weighted by Crippen LogP contribution is -2.52. The summed E-state index contributed by atoms with van der Waals surface area (Å²) < 4.78 is 0. The summed E-state index contributed by atoms with van der Waals surface area (Å²) in [5, 5.41) is 3.40. The Morgan fingerprint density at radius 2 is 2.31 bits per heavy atom. The van der Waals surface area contributed by atoms with Gasteiger partial charge >= 0.3 is 0 Å². The second-order valence-corrected chi connectivity index (χ2v) is 5.81. The Morgan fingerprint density at radius 1 is 1.54 bits per heavy atom. The van der Waals surface area contributed by atoms with Crippen molar-refractivity contribution in [2.24, 2.45) is 11.8 Å². The standard InChI is InChI=1S/C10H17NOS/c1-7-5-8(2)9(12)10(6-7)11-3-4-13-10/h7-8,11H,3-6H2,1-2H3. The van der Waals surface area contributed by atoms with Crippen molar-refractivity contribution in [3.8, 4) is 0 Å². The van der Waals surface area contributed by atoms with Gasteiger partial charge in [-0.1, -0.05) is 13.8 Å². The van der Waals surface area contributed by atoms with Gasteiger partial charge in [0.15, 0.2) is 5.78 Å². The van der Waals surface area contributed by atoms with Gasteiger partial charge in [0.2, 0.25) is 0 Å². The Kier molecular flexibility index (Phi) is 2.41. The summed E-state index contributed by atoms with van der Waals surface area (Å²) in [5.41, 5.74) is 0. The molecule has 0 aromatic carbocycles. The number of rotatable bonds is 0. The van der Waals surface area contributed by atoms with E-state index in [-0.39, 0.29) is 10.8 Å². The van der Waals surface area contributed by atoms with Crippen LogP contribution >= 0.6 is 11.8 Å². The summed E-state index contributed by atoms with van der Waals surface area (Å²) in [7, 11) is 0. The van der Waals surface area contributed by atoms with Crippen LogP contribution in [0.15, 0.2) is 0 Å². The number of carbonyl (C=O) groups excluding carboxylic acids is 1. The zero-order valence-corrected chi connectivity index (χ0v) is 9.12. The van der Waals surface area contributed by atoms with Gasteiger partial charge in [-0.05, 0) is 18.8 Å². The molecule has 1 saturated heterocycles. The molecule has 0 radical (unpaired) electrons. The van der Waals surface area contributed by atoms with Crippen molar-refractivity contribution in [2.75, 3.05) is 12.3 Å². The SMILES string of the molecule is CC1CC(C)C(=O)C2(C1)NCCS2. The first-order valence-corrected chi connectivity index (χ1v) is 6.06. The molecule has 0 aromatic heterocycles. The maximum absolute atomic E-state index is 12.0. The summed E-state index contributed by atoms with van der Waals surface area (Å²) >= 11 is 1.82. The third kappa shape index (κ3) is 1.52. The van der Waals surface area contributed by atoms with Gasteiger partial charge in [0.25, 0.3) is 0 Å². The molecule has 1 saturated carbocycles. The Hall–Kier alpha value is -0.0200. The maximum atomic E-state index is 12.0. The van der Waals surface area contributed by atoms with E-state index in [9.17, 15) is 4.79 Å². The molecule has 1 aliphatic heterocycles. The van der Waals surface area contributed by atoms with Gasteiger partial charge in [0.1, 0.15) is 4.87 Å². The number of carbonyl (C=O) groups is 1. The predicted molar refractivity (Wildman–Crippen MR) is 55.8 cm³/mol. The fraction of sp³-hybridized carbons (Fsp3) is 0.900. The smallest absolute Gasteiger partial charge is 0.165 e. The highest BCUT2D eigenvalue weighted by Crippen LogP contribution is 2.42. The lowest BCUT2D eigenvalue weighted by atomic mass is 9.79. The van der Waals surface area contributed by atoms with Gasteiger partial charge in [-0.2, -0.15) is 0 Å². The summed E-state index contributed by atoms with van der Waals surface area (Å²) in [4.78, 5) is 11.8. The van der Waals surface area contributed by atoms with Crippen molar-refractivity contribution in [3.05, 3.63) is 0 Å². The van der Waals surface area contributed by atoms with E-state index >= 15 is 0 Å². The minimum atomic E-state index is -0.197. The Morgan fingerprint density at radius 3 is 2.92 bits per heavy atom. The van der Waals surface area contributed by atoms with Crippen LogP contribution in [-0.4, -0.2) is 23.0 Å². The van der Waals surface area contributed by atoms with Crippen LogP contribution in [0.2, 0.25) is 0 Å². The van der Waals surface area contributed by atoms with E-state index in [1.54, 1.807) is 0 Å². The molecule has 0 bridgehead atoms. The van der Waals surface area contributed by atoms with Gasteiger partial charge in [0.05, 0.1) is 0 Å². The molecule has 13 heavy (non-hydrogen) atoms. The van der Waals surface area contributed by atoms with E-state index in [4.69, 9.17) is 0 Å². The fourth-order valence-corrected chi connectivity index (χ4v) is 4.10. The molecule has 1 N–H and O–H groups in total. The zero-order chi connectivity index (χ0) is 9.47. The molecule has 2 fully saturated rings. The van der Waals surface area contributed by atoms with Crippen molar-refractivity contribution < 1.29 is 4.79 Å². The second kappa shape index (κ2) is 3.28. The molecule has 1 heterocycles. The molecule has 0 aromatic rings. The van der Waals surface area contributed by atoms with Gasteiger partial charge in [-0.3, -0.25) is 10.1 Å². The van der Waals surface area contributed by atoms with E-state index in [1.807, 2.05) is 11.8 Å². The first kappa shape index (κ1) is 9.53. The zero-order valence-electron chi connectivity index (χ0n) is 8.30. The highest BCUT2D eigenvalue weighted by atomic mass is 32.2. The minimum absolute atomic E-state index is 0.197. The molecule has 2 aliphatic rings. The number of ketones is 1. The molecule has 3 atom stereocenters. The first-order valence-electron chi connectivity index (χ1n) is 5.07. The average Bonchev–Trinajstić information content (AvgIpc) is 2.50. The topological polar surface area (TPSA) is 29.1 Å². The molecule has 3 unspecified atom stereocenters. The normalized spacial score (nSPS) is 45.8. The van der Waals surface area contributed by atoms with Gasteiger partial charge in [-0.25, -0.2) is 0 Å². The van der Waals surface area contributed by atoms with Crippen LogP contribution in [0.3, 0.4) is 0 Å². The van der Waals surface area contributed by atoms with E-state index in [1.165, 1.54) is 0 Å². The molecule has 1 spiro atoms. The highest BCUT2D eigenvalue weighted by Gasteiger charge is 2.47. The molecule has 2 rings (SSSR count). The molecule has 0 amide bonds. The Bertz CT molecular complexity index is 223. The molecule has 1 aliphatic carbocycles. The summed E-state index contributed by atoms with van der Waals surface area (Å²) in [6.45, 7) is 5.32. The van der Waals surface area contributed by atoms with E-state index in [0.29, 0.717) is 11.7 Å². The lowest BCUT2D eigenvalue weighted by molar-refractivity contribution is -0.128. The molecular weight excluding hydrogens is 182 g/mol. The van der Waals surface area contributed by atoms with Gasteiger partial charge in [0, 0.05) is 18.2 Å². The monoisotopic (exact) mass is 199 g/mol. The van der Waals surface area contributed by atoms with E-state index in [2.05, 4.69) is 19.2 Å². The minimum Gasteiger partial charge on any atom is -0.296 e. The van der Waals surface area contributed by atoms with Crippen molar-refractivity contribution in [3.63, 3.8) is 0 Å². The maximum Gasteiger partial charge on any atom is 0.165 e. The van der Waals surface area contributed by atoms with E-state index < -0.39 is 0 Å². The van der Waals surface area contributed by atoms with Crippen LogP contribution in [0, 0.1) is 11.8 Å². The van der Waals surface area contributed by atoms with Crippen LogP contribution in [0.4, 0.5) is 0 Å². The van der Waals surface area contributed by atoms with E-state index in [0.717, 1.165) is 25.1 Å². The fourth-order valence-electron chi connectivity index (χ4n) is 2.60. The molecule has 3 heteroatoms. The summed E-state index contributed by atoms with van der Waals surface area (Å²) in [6, 6.07) is 0. The summed E-state index contributed by atoms with van der Waals surface area (Å²) in [5.74, 6) is 2.46. The predicted octanol–water partition coefficient (Wildman–Crippen LogP) is 1.65. The molecule has 74 valence electrons. The molecular formula is C10H17NOS. The Labute approximate surface area is 83.8 Å².